The zero-order chi connectivity index (χ0) is 21.3. The number of carbonyl (C=O) groups is 2. The first-order chi connectivity index (χ1) is 14.6. The average molecular weight is 408 g/mol. The molecule has 0 saturated carbocycles. The topological polar surface area (TPSA) is 76.4 Å². The summed E-state index contributed by atoms with van der Waals surface area (Å²) in [4.78, 5) is 28.4. The lowest BCUT2D eigenvalue weighted by atomic mass is 10.2. The van der Waals surface area contributed by atoms with Gasteiger partial charge in [-0.3, -0.25) is 9.59 Å². The van der Waals surface area contributed by atoms with Crippen molar-refractivity contribution in [3.63, 3.8) is 0 Å². The zero-order valence-electron chi connectivity index (χ0n) is 16.8. The van der Waals surface area contributed by atoms with Crippen molar-refractivity contribution in [2.24, 2.45) is 0 Å². The van der Waals surface area contributed by atoms with E-state index in [1.165, 1.54) is 11.0 Å². The molecular weight excluding hydrogens is 383 g/mol. The molecule has 1 N–H and O–H groups in total. The predicted molar refractivity (Wildman–Crippen MR) is 115 cm³/mol. The summed E-state index contributed by atoms with van der Waals surface area (Å²) in [6.07, 6.45) is 2.29. The van der Waals surface area contributed by atoms with Gasteiger partial charge >= 0.3 is 0 Å². The third kappa shape index (κ3) is 5.57. The molecule has 0 radical (unpaired) electrons. The van der Waals surface area contributed by atoms with Gasteiger partial charge in [-0.2, -0.15) is 5.26 Å². The van der Waals surface area contributed by atoms with Crippen LogP contribution in [0.5, 0.6) is 0 Å². The molecule has 0 aromatic heterocycles. The van der Waals surface area contributed by atoms with Crippen LogP contribution in [0.4, 0.5) is 21.5 Å². The van der Waals surface area contributed by atoms with Crippen molar-refractivity contribution >= 4 is 28.9 Å². The Kier molecular flexibility index (Phi) is 7.39. The fraction of sp³-hybridized carbons (Fsp3) is 0.348. The molecule has 1 heterocycles. The van der Waals surface area contributed by atoms with E-state index in [9.17, 15) is 14.0 Å². The molecule has 7 heteroatoms. The van der Waals surface area contributed by atoms with E-state index in [4.69, 9.17) is 5.26 Å². The third-order valence-corrected chi connectivity index (χ3v) is 5.06. The third-order valence-electron chi connectivity index (χ3n) is 5.06. The van der Waals surface area contributed by atoms with E-state index in [0.29, 0.717) is 17.1 Å². The Hall–Kier alpha value is -3.40. The second-order valence-electron chi connectivity index (χ2n) is 7.20. The number of nitriles is 1. The molecule has 1 saturated heterocycles. The van der Waals surface area contributed by atoms with Gasteiger partial charge in [0.15, 0.2) is 0 Å². The van der Waals surface area contributed by atoms with Crippen LogP contribution >= 0.6 is 0 Å². The quantitative estimate of drug-likeness (QED) is 0.714. The number of nitrogens with zero attached hydrogens (tertiary/aromatic N) is 3. The Morgan fingerprint density at radius 1 is 1.10 bits per heavy atom. The lowest BCUT2D eigenvalue weighted by molar-refractivity contribution is -0.122. The minimum Gasteiger partial charge on any atom is -0.369 e. The number of nitrogens with one attached hydrogen (secondary N) is 1. The molecular formula is C23H25FN4O2. The van der Waals surface area contributed by atoms with E-state index in [-0.39, 0.29) is 43.4 Å². The van der Waals surface area contributed by atoms with Gasteiger partial charge in [0.2, 0.25) is 11.8 Å². The number of amides is 2. The molecule has 1 fully saturated rings. The molecule has 2 amide bonds. The monoisotopic (exact) mass is 408 g/mol. The maximum atomic E-state index is 14.4. The van der Waals surface area contributed by atoms with Crippen LogP contribution in [0.3, 0.4) is 0 Å². The SMILES string of the molecule is N#CCCN(C(=O)CCC(=O)Nc1ccc(N2CCCC2)c(F)c1)c1ccccc1. The van der Waals surface area contributed by atoms with Crippen LogP contribution < -0.4 is 15.1 Å². The first kappa shape index (κ1) is 21.3. The van der Waals surface area contributed by atoms with Gasteiger partial charge in [-0.1, -0.05) is 18.2 Å². The molecule has 6 nitrogen and oxygen atoms in total. The van der Waals surface area contributed by atoms with Crippen molar-refractivity contribution in [1.29, 1.82) is 5.26 Å². The van der Waals surface area contributed by atoms with Gasteiger partial charge < -0.3 is 15.1 Å². The number of hydrogen-bond acceptors (Lipinski definition) is 4. The van der Waals surface area contributed by atoms with Gasteiger partial charge in [-0.25, -0.2) is 4.39 Å². The zero-order valence-corrected chi connectivity index (χ0v) is 16.8. The van der Waals surface area contributed by atoms with Gasteiger partial charge in [0.05, 0.1) is 18.2 Å². The van der Waals surface area contributed by atoms with Crippen molar-refractivity contribution in [1.82, 2.24) is 0 Å². The summed E-state index contributed by atoms with van der Waals surface area (Å²) < 4.78 is 14.4. The van der Waals surface area contributed by atoms with Crippen LogP contribution in [0.2, 0.25) is 0 Å². The van der Waals surface area contributed by atoms with Crippen molar-refractivity contribution in [2.45, 2.75) is 32.1 Å². The summed E-state index contributed by atoms with van der Waals surface area (Å²) in [5.41, 5.74) is 1.62. The van der Waals surface area contributed by atoms with Crippen LogP contribution in [-0.4, -0.2) is 31.4 Å². The van der Waals surface area contributed by atoms with Crippen molar-refractivity contribution in [2.75, 3.05) is 34.8 Å². The molecule has 0 aliphatic carbocycles. The van der Waals surface area contributed by atoms with E-state index < -0.39 is 0 Å². The fourth-order valence-electron chi connectivity index (χ4n) is 3.55. The number of carbonyl (C=O) groups excluding carboxylic acids is 2. The van der Waals surface area contributed by atoms with E-state index in [0.717, 1.165) is 25.9 Å². The molecule has 30 heavy (non-hydrogen) atoms. The second-order valence-corrected chi connectivity index (χ2v) is 7.20. The molecule has 1 aliphatic heterocycles. The Balaban J connectivity index is 1.56. The molecule has 0 unspecified atom stereocenters. The lowest BCUT2D eigenvalue weighted by Gasteiger charge is -2.21. The van der Waals surface area contributed by atoms with E-state index in [1.54, 1.807) is 24.3 Å². The van der Waals surface area contributed by atoms with Crippen LogP contribution in [0.25, 0.3) is 0 Å². The van der Waals surface area contributed by atoms with Crippen molar-refractivity contribution in [3.05, 3.63) is 54.3 Å². The first-order valence-electron chi connectivity index (χ1n) is 10.1. The smallest absolute Gasteiger partial charge is 0.227 e. The van der Waals surface area contributed by atoms with Gasteiger partial charge in [0, 0.05) is 43.9 Å². The lowest BCUT2D eigenvalue weighted by Crippen LogP contribution is -2.32. The molecule has 1 aliphatic rings. The van der Waals surface area contributed by atoms with Gasteiger partial charge in [0.25, 0.3) is 0 Å². The Morgan fingerprint density at radius 2 is 1.83 bits per heavy atom. The van der Waals surface area contributed by atoms with E-state index in [1.807, 2.05) is 29.2 Å². The highest BCUT2D eigenvalue weighted by atomic mass is 19.1. The minimum atomic E-state index is -0.363. The summed E-state index contributed by atoms with van der Waals surface area (Å²) in [5, 5.41) is 11.5. The molecule has 156 valence electrons. The largest absolute Gasteiger partial charge is 0.369 e. The van der Waals surface area contributed by atoms with Crippen LogP contribution in [0.15, 0.2) is 48.5 Å². The number of anilines is 3. The van der Waals surface area contributed by atoms with Crippen LogP contribution in [0.1, 0.15) is 32.1 Å². The minimum absolute atomic E-state index is 0.000496. The Bertz CT molecular complexity index is 921. The highest BCUT2D eigenvalue weighted by Crippen LogP contribution is 2.26. The second kappa shape index (κ2) is 10.4. The predicted octanol–water partition coefficient (Wildman–Crippen LogP) is 4.09. The highest BCUT2D eigenvalue weighted by molar-refractivity contribution is 5.98. The van der Waals surface area contributed by atoms with Crippen molar-refractivity contribution in [3.8, 4) is 6.07 Å². The first-order valence-corrected chi connectivity index (χ1v) is 10.1. The van der Waals surface area contributed by atoms with E-state index >= 15 is 0 Å². The van der Waals surface area contributed by atoms with E-state index in [2.05, 4.69) is 5.32 Å². The van der Waals surface area contributed by atoms with Gasteiger partial charge in [-0.15, -0.1) is 0 Å². The standard InChI is InChI=1S/C23H25FN4O2/c24-20-17-18(9-10-21(20)27-14-4-5-15-27)26-22(29)11-12-23(30)28(16-6-13-25)19-7-2-1-3-8-19/h1-3,7-10,17H,4-6,11-12,14-16H2,(H,26,29). The highest BCUT2D eigenvalue weighted by Gasteiger charge is 2.18. The number of rotatable bonds is 8. The maximum Gasteiger partial charge on any atom is 0.227 e. The summed E-state index contributed by atoms with van der Waals surface area (Å²) in [6.45, 7) is 1.95. The summed E-state index contributed by atoms with van der Waals surface area (Å²) in [6, 6.07) is 15.8. The summed E-state index contributed by atoms with van der Waals surface area (Å²) in [7, 11) is 0. The number of hydrogen-bond donors (Lipinski definition) is 1. The van der Waals surface area contributed by atoms with Gasteiger partial charge in [-0.05, 0) is 43.2 Å². The van der Waals surface area contributed by atoms with Crippen molar-refractivity contribution < 1.29 is 14.0 Å². The number of para-hydroxylation sites is 1. The molecule has 3 rings (SSSR count). The maximum absolute atomic E-state index is 14.4. The number of halogens is 1. The molecule has 2 aromatic carbocycles. The van der Waals surface area contributed by atoms with Crippen LogP contribution in [-0.2, 0) is 9.59 Å². The molecule has 0 bridgehead atoms. The van der Waals surface area contributed by atoms with Gasteiger partial charge in [0.1, 0.15) is 5.82 Å². The summed E-state index contributed by atoms with van der Waals surface area (Å²) >= 11 is 0. The molecule has 2 aromatic rings. The molecule has 0 atom stereocenters. The Labute approximate surface area is 175 Å². The average Bonchev–Trinajstić information content (AvgIpc) is 3.28. The Morgan fingerprint density at radius 3 is 2.50 bits per heavy atom. The summed E-state index contributed by atoms with van der Waals surface area (Å²) in [5.74, 6) is -0.954. The normalized spacial score (nSPS) is 13.0. The molecule has 0 spiro atoms. The van der Waals surface area contributed by atoms with Crippen LogP contribution in [0, 0.1) is 17.1 Å². The number of benzene rings is 2. The fourth-order valence-corrected chi connectivity index (χ4v) is 3.55.